The Hall–Kier alpha value is -3.15. The van der Waals surface area contributed by atoms with Gasteiger partial charge in [0, 0.05) is 16.3 Å². The molecule has 8 N–H and O–H groups in total. The molecule has 12 heteroatoms. The normalized spacial score (nSPS) is 13.4. The van der Waals surface area contributed by atoms with E-state index in [0.29, 0.717) is 5.69 Å². The van der Waals surface area contributed by atoms with Gasteiger partial charge in [0.05, 0.1) is 6.54 Å². The van der Waals surface area contributed by atoms with Crippen molar-refractivity contribution in [2.75, 3.05) is 11.9 Å². The van der Waals surface area contributed by atoms with E-state index < -0.39 is 34.9 Å². The highest BCUT2D eigenvalue weighted by atomic mass is 79.9. The maximum absolute atomic E-state index is 12.3. The van der Waals surface area contributed by atoms with Crippen LogP contribution in [-0.4, -0.2) is 45.5 Å². The van der Waals surface area contributed by atoms with Gasteiger partial charge < -0.3 is 31.9 Å². The molecule has 0 fully saturated rings. The summed E-state index contributed by atoms with van der Waals surface area (Å²) in [6, 6.07) is 11.7. The Kier molecular flexibility index (Phi) is 7.97. The van der Waals surface area contributed by atoms with Gasteiger partial charge in [0.15, 0.2) is 5.96 Å². The quantitative estimate of drug-likeness (QED) is 0.120. The van der Waals surface area contributed by atoms with E-state index in [-0.39, 0.29) is 22.1 Å². The first-order valence-electron chi connectivity index (χ1n) is 8.68. The highest BCUT2D eigenvalue weighted by molar-refractivity contribution is 9.09. The highest BCUT2D eigenvalue weighted by Crippen LogP contribution is 2.30. The molecule has 0 radical (unpaired) electrons. The molecule has 2 atom stereocenters. The number of nitrogens with two attached hydrogens (primary N) is 1. The van der Waals surface area contributed by atoms with Gasteiger partial charge in [-0.2, -0.15) is 0 Å². The number of carbonyl (C=O) groups excluding carboxylic acids is 2. The summed E-state index contributed by atoms with van der Waals surface area (Å²) in [5.41, 5.74) is 3.30. The molecule has 10 nitrogen and oxygen atoms in total. The molecule has 2 rings (SSSR count). The van der Waals surface area contributed by atoms with E-state index in [2.05, 4.69) is 31.9 Å². The first kappa shape index (κ1) is 24.1. The van der Waals surface area contributed by atoms with E-state index in [1.807, 2.05) is 0 Å². The second kappa shape index (κ2) is 10.2. The van der Waals surface area contributed by atoms with Gasteiger partial charge in [0.1, 0.15) is 4.95 Å². The lowest BCUT2D eigenvalue weighted by Crippen LogP contribution is -2.53. The number of anilines is 1. The molecule has 2 aromatic carbocycles. The Balaban J connectivity index is 2.03. The van der Waals surface area contributed by atoms with Gasteiger partial charge in [0.25, 0.3) is 5.91 Å². The number of amides is 2. The smallest absolute Gasteiger partial charge is 0.343 e. The van der Waals surface area contributed by atoms with Crippen molar-refractivity contribution in [1.82, 2.24) is 10.6 Å². The average molecular weight is 513 g/mol. The number of aliphatic hydroxyl groups is 1. The zero-order valence-corrected chi connectivity index (χ0v) is 18.2. The summed E-state index contributed by atoms with van der Waals surface area (Å²) in [6.45, 7) is -0.490. The maximum Gasteiger partial charge on any atom is 0.343 e. The monoisotopic (exact) mass is 511 g/mol. The number of aliphatic carboxylic acids is 1. The van der Waals surface area contributed by atoms with Crippen molar-refractivity contribution in [1.29, 1.82) is 5.41 Å². The Morgan fingerprint density at radius 3 is 2.48 bits per heavy atom. The summed E-state index contributed by atoms with van der Waals surface area (Å²) in [5.74, 6) is -3.26. The third-order valence-corrected chi connectivity index (χ3v) is 5.19. The third kappa shape index (κ3) is 6.17. The molecule has 0 aliphatic carbocycles. The molecule has 0 bridgehead atoms. The van der Waals surface area contributed by atoms with Gasteiger partial charge in [-0.05, 0) is 35.9 Å². The van der Waals surface area contributed by atoms with Crippen LogP contribution in [0.4, 0.5) is 5.69 Å². The van der Waals surface area contributed by atoms with Crippen LogP contribution in [0.2, 0.25) is 5.02 Å². The first-order valence-corrected chi connectivity index (χ1v) is 9.98. The van der Waals surface area contributed by atoms with Crippen molar-refractivity contribution >= 4 is 57.0 Å². The number of carboxylic acids is 1. The lowest BCUT2D eigenvalue weighted by Gasteiger charge is -2.29. The number of halogens is 2. The fraction of sp³-hybridized carbons (Fsp3) is 0.158. The average Bonchev–Trinajstić information content (AvgIpc) is 2.70. The third-order valence-electron chi connectivity index (χ3n) is 4.06. The van der Waals surface area contributed by atoms with Gasteiger partial charge in [-0.15, -0.1) is 0 Å². The number of hydrogen-bond donors (Lipinski definition) is 7. The van der Waals surface area contributed by atoms with Crippen LogP contribution in [0, 0.1) is 5.41 Å². The molecule has 164 valence electrons. The Morgan fingerprint density at radius 2 is 1.87 bits per heavy atom. The van der Waals surface area contributed by atoms with E-state index in [4.69, 9.17) is 22.7 Å². The van der Waals surface area contributed by atoms with E-state index >= 15 is 0 Å². The van der Waals surface area contributed by atoms with Crippen LogP contribution in [-0.2, 0) is 15.2 Å². The Labute approximate surface area is 190 Å². The molecule has 0 saturated heterocycles. The van der Waals surface area contributed by atoms with Gasteiger partial charge in [-0.1, -0.05) is 45.7 Å². The summed E-state index contributed by atoms with van der Waals surface area (Å²) in [5, 5.41) is 34.9. The molecule has 0 saturated carbocycles. The number of benzene rings is 2. The van der Waals surface area contributed by atoms with Gasteiger partial charge in [-0.25, -0.2) is 4.79 Å². The predicted molar refractivity (Wildman–Crippen MR) is 118 cm³/mol. The van der Waals surface area contributed by atoms with Crippen LogP contribution in [0.15, 0.2) is 48.5 Å². The van der Waals surface area contributed by atoms with Crippen LogP contribution in [0.5, 0.6) is 0 Å². The standard InChI is InChI=1S/C19H19BrClN5O5/c20-16(19(31,17(29)30)11-4-2-5-12(21)8-11)26-14(27)9-24-15(28)10-3-1-6-13(7-10)25-18(22)23/h1-8,16,31H,9H2,(H,24,28)(H,26,27)(H,29,30)(H4,22,23,25). The minimum absolute atomic E-state index is 0.0477. The highest BCUT2D eigenvalue weighted by Gasteiger charge is 2.46. The number of carboxylic acid groups (broad SMARTS) is 1. The summed E-state index contributed by atoms with van der Waals surface area (Å²) < 4.78 is 0. The van der Waals surface area contributed by atoms with E-state index in [0.717, 1.165) is 0 Å². The summed E-state index contributed by atoms with van der Waals surface area (Å²) in [6.07, 6.45) is 0. The van der Waals surface area contributed by atoms with Crippen LogP contribution >= 0.6 is 27.5 Å². The number of nitrogens with one attached hydrogen (secondary N) is 4. The summed E-state index contributed by atoms with van der Waals surface area (Å²) in [7, 11) is 0. The topological polar surface area (TPSA) is 178 Å². The molecule has 2 unspecified atom stereocenters. The van der Waals surface area contributed by atoms with Crippen LogP contribution in [0.1, 0.15) is 15.9 Å². The largest absolute Gasteiger partial charge is 0.479 e. The molecule has 0 aliphatic heterocycles. The van der Waals surface area contributed by atoms with Crippen molar-refractivity contribution in [2.45, 2.75) is 10.6 Å². The zero-order chi connectivity index (χ0) is 23.2. The second-order valence-electron chi connectivity index (χ2n) is 6.31. The number of rotatable bonds is 8. The minimum atomic E-state index is -2.52. The molecule has 0 heterocycles. The zero-order valence-electron chi connectivity index (χ0n) is 15.9. The first-order chi connectivity index (χ1) is 14.5. The van der Waals surface area contributed by atoms with Crippen LogP contribution in [0.25, 0.3) is 0 Å². The molecule has 31 heavy (non-hydrogen) atoms. The number of alkyl halides is 1. The fourth-order valence-electron chi connectivity index (χ4n) is 2.56. The number of carbonyl (C=O) groups is 3. The van der Waals surface area contributed by atoms with Crippen molar-refractivity contribution in [3.63, 3.8) is 0 Å². The van der Waals surface area contributed by atoms with Crippen molar-refractivity contribution in [2.24, 2.45) is 5.73 Å². The van der Waals surface area contributed by atoms with Crippen molar-refractivity contribution in [3.05, 3.63) is 64.7 Å². The SMILES string of the molecule is N=C(N)Nc1cccc(C(=O)NCC(=O)NC(Br)C(O)(C(=O)O)c2cccc(Cl)c2)c1. The molecule has 0 spiro atoms. The van der Waals surface area contributed by atoms with Gasteiger partial charge in [-0.3, -0.25) is 15.0 Å². The van der Waals surface area contributed by atoms with E-state index in [1.165, 1.54) is 36.4 Å². The van der Waals surface area contributed by atoms with Crippen LogP contribution in [0.3, 0.4) is 0 Å². The summed E-state index contributed by atoms with van der Waals surface area (Å²) >= 11 is 8.86. The second-order valence-corrected chi connectivity index (χ2v) is 7.67. The van der Waals surface area contributed by atoms with Gasteiger partial charge >= 0.3 is 5.97 Å². The fourth-order valence-corrected chi connectivity index (χ4v) is 3.46. The van der Waals surface area contributed by atoms with E-state index in [9.17, 15) is 24.6 Å². The maximum atomic E-state index is 12.3. The Morgan fingerprint density at radius 1 is 1.19 bits per heavy atom. The summed E-state index contributed by atoms with van der Waals surface area (Å²) in [4.78, 5) is 34.8. The molecular weight excluding hydrogens is 494 g/mol. The van der Waals surface area contributed by atoms with E-state index in [1.54, 1.807) is 12.1 Å². The predicted octanol–water partition coefficient (Wildman–Crippen LogP) is 1.18. The lowest BCUT2D eigenvalue weighted by atomic mass is 9.93. The molecular formula is C19H19BrClN5O5. The molecule has 0 aliphatic rings. The molecule has 0 aromatic heterocycles. The lowest BCUT2D eigenvalue weighted by molar-refractivity contribution is -0.160. The number of hydrogen-bond acceptors (Lipinski definition) is 5. The number of guanidine groups is 1. The molecule has 2 aromatic rings. The van der Waals surface area contributed by atoms with Crippen molar-refractivity contribution in [3.8, 4) is 0 Å². The minimum Gasteiger partial charge on any atom is -0.479 e. The van der Waals surface area contributed by atoms with Crippen LogP contribution < -0.4 is 21.7 Å². The van der Waals surface area contributed by atoms with Crippen molar-refractivity contribution < 1.29 is 24.6 Å². The van der Waals surface area contributed by atoms with Gasteiger partial charge in [0.2, 0.25) is 11.5 Å². The Bertz CT molecular complexity index is 1020. The molecule has 2 amide bonds.